The van der Waals surface area contributed by atoms with Crippen molar-refractivity contribution in [2.75, 3.05) is 19.6 Å². The number of carbonyl (C=O) groups is 2. The molecule has 0 unspecified atom stereocenters. The monoisotopic (exact) mass is 304 g/mol. The van der Waals surface area contributed by atoms with E-state index in [1.807, 2.05) is 0 Å². The molecule has 0 radical (unpaired) electrons. The van der Waals surface area contributed by atoms with Gasteiger partial charge in [0, 0.05) is 13.1 Å². The van der Waals surface area contributed by atoms with Crippen LogP contribution in [-0.2, 0) is 14.8 Å². The van der Waals surface area contributed by atoms with Gasteiger partial charge in [0.1, 0.15) is 9.09 Å². The van der Waals surface area contributed by atoms with Crippen molar-refractivity contribution in [1.29, 1.82) is 0 Å². The van der Waals surface area contributed by atoms with Crippen molar-refractivity contribution in [3.05, 3.63) is 17.0 Å². The number of carboxylic acids is 1. The molecule has 104 valence electrons. The molecule has 1 aliphatic rings. The third-order valence-corrected chi connectivity index (χ3v) is 6.00. The molecule has 1 aromatic heterocycles. The Hall–Kier alpha value is -1.45. The number of nitrogens with zero attached hydrogens (tertiary/aromatic N) is 1. The van der Waals surface area contributed by atoms with Crippen LogP contribution >= 0.6 is 11.3 Å². The van der Waals surface area contributed by atoms with Crippen molar-refractivity contribution in [3.63, 3.8) is 0 Å². The highest BCUT2D eigenvalue weighted by atomic mass is 32.2. The second kappa shape index (κ2) is 5.27. The molecule has 1 amide bonds. The maximum Gasteiger partial charge on any atom is 0.345 e. The van der Waals surface area contributed by atoms with Gasteiger partial charge in [-0.05, 0) is 18.6 Å². The summed E-state index contributed by atoms with van der Waals surface area (Å²) in [7, 11) is -3.80. The highest BCUT2D eigenvalue weighted by molar-refractivity contribution is 7.91. The smallest absolute Gasteiger partial charge is 0.345 e. The van der Waals surface area contributed by atoms with Crippen LogP contribution in [0.3, 0.4) is 0 Å². The van der Waals surface area contributed by atoms with E-state index in [1.165, 1.54) is 12.1 Å². The molecular formula is C10H12N2O5S2. The maximum absolute atomic E-state index is 12.3. The normalized spacial score (nSPS) is 17.8. The molecular weight excluding hydrogens is 292 g/mol. The summed E-state index contributed by atoms with van der Waals surface area (Å²) in [4.78, 5) is 22.1. The van der Waals surface area contributed by atoms with Gasteiger partial charge < -0.3 is 10.4 Å². The van der Waals surface area contributed by atoms with Crippen LogP contribution in [0, 0.1) is 0 Å². The summed E-state index contributed by atoms with van der Waals surface area (Å²) in [5, 5.41) is 11.4. The second-order valence-electron chi connectivity index (χ2n) is 3.97. The van der Waals surface area contributed by atoms with Gasteiger partial charge in [0.25, 0.3) is 10.0 Å². The molecule has 1 aliphatic heterocycles. The number of amides is 1. The molecule has 7 nitrogen and oxygen atoms in total. The lowest BCUT2D eigenvalue weighted by Crippen LogP contribution is -2.37. The van der Waals surface area contributed by atoms with E-state index in [0.717, 1.165) is 4.31 Å². The van der Waals surface area contributed by atoms with Gasteiger partial charge in [-0.2, -0.15) is 4.31 Å². The standard InChI is InChI=1S/C10H12N2O5S2/c13-8-6-12(5-1-4-11-8)19(16,17)9-3-2-7(18-9)10(14)15/h2-3H,1,4-6H2,(H,11,13)(H,14,15). The molecule has 1 fully saturated rings. The molecule has 19 heavy (non-hydrogen) atoms. The molecule has 0 aromatic carbocycles. The lowest BCUT2D eigenvalue weighted by atomic mass is 10.4. The van der Waals surface area contributed by atoms with Crippen LogP contribution in [0.4, 0.5) is 0 Å². The minimum Gasteiger partial charge on any atom is -0.477 e. The summed E-state index contributed by atoms with van der Waals surface area (Å²) in [6.07, 6.45) is 0.530. The van der Waals surface area contributed by atoms with E-state index in [0.29, 0.717) is 24.3 Å². The molecule has 0 atom stereocenters. The average molecular weight is 304 g/mol. The number of carbonyl (C=O) groups excluding carboxylic acids is 1. The SMILES string of the molecule is O=C1CN(S(=O)(=O)c2ccc(C(=O)O)s2)CCCN1. The molecule has 0 aliphatic carbocycles. The Balaban J connectivity index is 2.29. The number of hydrogen-bond donors (Lipinski definition) is 2. The fourth-order valence-corrected chi connectivity index (χ4v) is 4.42. The molecule has 0 spiro atoms. The quantitative estimate of drug-likeness (QED) is 0.815. The first-order valence-corrected chi connectivity index (χ1v) is 7.77. The first-order valence-electron chi connectivity index (χ1n) is 5.51. The number of aromatic carboxylic acids is 1. The van der Waals surface area contributed by atoms with E-state index in [9.17, 15) is 18.0 Å². The molecule has 2 rings (SSSR count). The highest BCUT2D eigenvalue weighted by Gasteiger charge is 2.29. The Morgan fingerprint density at radius 2 is 2.16 bits per heavy atom. The second-order valence-corrected chi connectivity index (χ2v) is 7.21. The van der Waals surface area contributed by atoms with Gasteiger partial charge >= 0.3 is 5.97 Å². The molecule has 2 N–H and O–H groups in total. The van der Waals surface area contributed by atoms with Crippen LogP contribution in [0.25, 0.3) is 0 Å². The summed E-state index contributed by atoms with van der Waals surface area (Å²) < 4.78 is 25.6. The summed E-state index contributed by atoms with van der Waals surface area (Å²) in [6, 6.07) is 2.50. The van der Waals surface area contributed by atoms with Gasteiger partial charge in [0.05, 0.1) is 6.54 Å². The van der Waals surface area contributed by atoms with Crippen molar-refractivity contribution >= 4 is 33.2 Å². The third-order valence-electron chi connectivity index (χ3n) is 2.61. The highest BCUT2D eigenvalue weighted by Crippen LogP contribution is 2.25. The van der Waals surface area contributed by atoms with E-state index in [-0.39, 0.29) is 28.1 Å². The summed E-state index contributed by atoms with van der Waals surface area (Å²) in [5.41, 5.74) is 0. The van der Waals surface area contributed by atoms with E-state index >= 15 is 0 Å². The van der Waals surface area contributed by atoms with E-state index in [4.69, 9.17) is 5.11 Å². The third kappa shape index (κ3) is 2.94. The zero-order chi connectivity index (χ0) is 14.0. The molecule has 9 heteroatoms. The summed E-state index contributed by atoms with van der Waals surface area (Å²) in [5.74, 6) is -1.52. The lowest BCUT2D eigenvalue weighted by molar-refractivity contribution is -0.120. The van der Waals surface area contributed by atoms with Crippen LogP contribution in [0.5, 0.6) is 0 Å². The van der Waals surface area contributed by atoms with Crippen LogP contribution in [0.2, 0.25) is 0 Å². The zero-order valence-corrected chi connectivity index (χ0v) is 11.5. The van der Waals surface area contributed by atoms with E-state index in [1.54, 1.807) is 0 Å². The van der Waals surface area contributed by atoms with Crippen molar-refractivity contribution in [1.82, 2.24) is 9.62 Å². The Labute approximate surface area is 113 Å². The molecule has 1 aromatic rings. The molecule has 0 bridgehead atoms. The minimum atomic E-state index is -3.80. The Kier molecular flexibility index (Phi) is 3.88. The van der Waals surface area contributed by atoms with Gasteiger partial charge in [0.15, 0.2) is 0 Å². The Morgan fingerprint density at radius 3 is 2.79 bits per heavy atom. The predicted octanol–water partition coefficient (Wildman–Crippen LogP) is -0.0431. The van der Waals surface area contributed by atoms with E-state index < -0.39 is 16.0 Å². The van der Waals surface area contributed by atoms with Gasteiger partial charge in [0.2, 0.25) is 5.91 Å². The zero-order valence-electron chi connectivity index (χ0n) is 9.83. The van der Waals surface area contributed by atoms with Crippen LogP contribution in [0.1, 0.15) is 16.1 Å². The largest absolute Gasteiger partial charge is 0.477 e. The van der Waals surface area contributed by atoms with Crippen LogP contribution < -0.4 is 5.32 Å². The molecule has 1 saturated heterocycles. The van der Waals surface area contributed by atoms with Gasteiger partial charge in [-0.3, -0.25) is 4.79 Å². The number of carboxylic acid groups (broad SMARTS) is 1. The van der Waals surface area contributed by atoms with Crippen LogP contribution in [0.15, 0.2) is 16.3 Å². The van der Waals surface area contributed by atoms with Crippen LogP contribution in [-0.4, -0.2) is 49.3 Å². The van der Waals surface area contributed by atoms with Crippen molar-refractivity contribution < 1.29 is 23.1 Å². The summed E-state index contributed by atoms with van der Waals surface area (Å²) in [6.45, 7) is 0.444. The Morgan fingerprint density at radius 1 is 1.42 bits per heavy atom. The first-order chi connectivity index (χ1) is 8.91. The number of hydrogen-bond acceptors (Lipinski definition) is 5. The van der Waals surface area contributed by atoms with Gasteiger partial charge in [-0.15, -0.1) is 11.3 Å². The van der Waals surface area contributed by atoms with Crippen molar-refractivity contribution in [2.24, 2.45) is 0 Å². The number of sulfonamides is 1. The number of rotatable bonds is 3. The minimum absolute atomic E-state index is 0.0437. The van der Waals surface area contributed by atoms with Gasteiger partial charge in [-0.1, -0.05) is 0 Å². The van der Waals surface area contributed by atoms with E-state index in [2.05, 4.69) is 5.32 Å². The Bertz CT molecular complexity index is 607. The van der Waals surface area contributed by atoms with Crippen molar-refractivity contribution in [2.45, 2.75) is 10.6 Å². The predicted molar refractivity (Wildman–Crippen MR) is 67.7 cm³/mol. The summed E-state index contributed by atoms with van der Waals surface area (Å²) >= 11 is 0.689. The fourth-order valence-electron chi connectivity index (χ4n) is 1.68. The number of thiophene rings is 1. The van der Waals surface area contributed by atoms with Crippen molar-refractivity contribution in [3.8, 4) is 0 Å². The maximum atomic E-state index is 12.3. The molecule has 2 heterocycles. The number of nitrogens with one attached hydrogen (secondary N) is 1. The first kappa shape index (κ1) is 14.0. The fraction of sp³-hybridized carbons (Fsp3) is 0.400. The molecule has 0 saturated carbocycles. The topological polar surface area (TPSA) is 104 Å². The lowest BCUT2D eigenvalue weighted by Gasteiger charge is -2.17. The van der Waals surface area contributed by atoms with Gasteiger partial charge in [-0.25, -0.2) is 13.2 Å². The average Bonchev–Trinajstić information content (AvgIpc) is 2.74.